The minimum atomic E-state index is 0.139. The maximum Gasteiger partial charge on any atom is 0.103 e. The van der Waals surface area contributed by atoms with Gasteiger partial charge in [-0.1, -0.05) is 0 Å². The number of hydrogen-bond acceptors (Lipinski definition) is 3. The maximum absolute atomic E-state index is 5.97. The number of nitrogens with one attached hydrogen (secondary N) is 2. The molecule has 0 amide bonds. The molecule has 0 rings (SSSR count). The predicted octanol–water partition coefficient (Wildman–Crippen LogP) is 1.89. The van der Waals surface area contributed by atoms with Gasteiger partial charge in [-0.15, -0.1) is 11.6 Å². The molecule has 2 N–H and O–H groups in total. The van der Waals surface area contributed by atoms with Gasteiger partial charge in [0.1, 0.15) is 3.70 Å². The van der Waals surface area contributed by atoms with Crippen LogP contribution in [0.4, 0.5) is 0 Å². The van der Waals surface area contributed by atoms with Crippen molar-refractivity contribution in [2.24, 2.45) is 0 Å². The fraction of sp³-hybridized carbons (Fsp3) is 0.750. The Morgan fingerprint density at radius 1 is 1.54 bits per heavy atom. The second-order valence-corrected chi connectivity index (χ2v) is 4.79. The van der Waals surface area contributed by atoms with Crippen molar-refractivity contribution in [3.8, 4) is 0 Å². The van der Waals surface area contributed by atoms with E-state index in [1.807, 2.05) is 27.2 Å². The minimum absolute atomic E-state index is 0.139. The molecule has 0 aromatic carbocycles. The molecule has 3 nitrogen and oxygen atoms in total. The summed E-state index contributed by atoms with van der Waals surface area (Å²) < 4.78 is 1.03. The fourth-order valence-corrected chi connectivity index (χ4v) is 1.66. The van der Waals surface area contributed by atoms with Gasteiger partial charge in [0, 0.05) is 26.3 Å². The van der Waals surface area contributed by atoms with E-state index in [0.29, 0.717) is 6.04 Å². The molecule has 13 heavy (non-hydrogen) atoms. The van der Waals surface area contributed by atoms with E-state index in [9.17, 15) is 0 Å². The van der Waals surface area contributed by atoms with Crippen LogP contribution in [0.25, 0.3) is 0 Å². The second-order valence-electron chi connectivity index (χ2n) is 2.94. The molecule has 0 aliphatic rings. The Bertz CT molecular complexity index is 173. The zero-order valence-electron chi connectivity index (χ0n) is 8.44. The van der Waals surface area contributed by atoms with Gasteiger partial charge in [0.15, 0.2) is 0 Å². The first-order valence-corrected chi connectivity index (χ1v) is 5.66. The third kappa shape index (κ3) is 5.59. The summed E-state index contributed by atoms with van der Waals surface area (Å²) in [6, 6.07) is 0.324. The summed E-state index contributed by atoms with van der Waals surface area (Å²) in [7, 11) is 3.85. The zero-order valence-corrected chi connectivity index (χ0v) is 11.3. The molecular formula is C8H17ClIN3. The van der Waals surface area contributed by atoms with Crippen molar-refractivity contribution in [1.29, 1.82) is 0 Å². The number of halogens is 2. The summed E-state index contributed by atoms with van der Waals surface area (Å²) in [6.45, 7) is 4.09. The van der Waals surface area contributed by atoms with Crippen LogP contribution < -0.4 is 10.9 Å². The molecule has 0 spiro atoms. The normalized spacial score (nSPS) is 16.6. The summed E-state index contributed by atoms with van der Waals surface area (Å²) in [5.41, 5.74) is 5.84. The van der Waals surface area contributed by atoms with Gasteiger partial charge in [-0.2, -0.15) is 0 Å². The first-order valence-electron chi connectivity index (χ1n) is 4.15. The summed E-state index contributed by atoms with van der Waals surface area (Å²) in [4.78, 5) is 2.09. The molecule has 1 unspecified atom stereocenters. The van der Waals surface area contributed by atoms with E-state index in [-0.39, 0.29) is 5.38 Å². The van der Waals surface area contributed by atoms with E-state index < -0.39 is 0 Å². The van der Waals surface area contributed by atoms with Crippen LogP contribution in [0.1, 0.15) is 13.8 Å². The van der Waals surface area contributed by atoms with Crippen molar-refractivity contribution in [3.05, 3.63) is 9.90 Å². The van der Waals surface area contributed by atoms with Crippen LogP contribution in [0, 0.1) is 0 Å². The molecule has 0 heterocycles. The molecule has 0 saturated carbocycles. The van der Waals surface area contributed by atoms with E-state index in [4.69, 9.17) is 11.6 Å². The number of hydrogen-bond donors (Lipinski definition) is 2. The van der Waals surface area contributed by atoms with Gasteiger partial charge in [-0.25, -0.2) is 5.43 Å². The highest BCUT2D eigenvalue weighted by Gasteiger charge is 2.11. The van der Waals surface area contributed by atoms with E-state index in [0.717, 1.165) is 3.70 Å². The quantitative estimate of drug-likeness (QED) is 0.351. The lowest BCUT2D eigenvalue weighted by Crippen LogP contribution is -2.33. The number of alkyl halides is 1. The first-order chi connectivity index (χ1) is 5.99. The molecule has 0 aliphatic heterocycles. The summed E-state index contributed by atoms with van der Waals surface area (Å²) in [5, 5.41) is 0.139. The van der Waals surface area contributed by atoms with Crippen LogP contribution in [0.2, 0.25) is 0 Å². The van der Waals surface area contributed by atoms with Crippen LogP contribution in [-0.2, 0) is 0 Å². The van der Waals surface area contributed by atoms with Crippen molar-refractivity contribution in [3.63, 3.8) is 0 Å². The van der Waals surface area contributed by atoms with Crippen LogP contribution in [-0.4, -0.2) is 30.4 Å². The molecule has 0 saturated heterocycles. The second kappa shape index (κ2) is 6.73. The highest BCUT2D eigenvalue weighted by Crippen LogP contribution is 2.10. The number of nitrogens with zero attached hydrogens (tertiary/aromatic N) is 1. The largest absolute Gasteiger partial charge is 0.374 e. The smallest absolute Gasteiger partial charge is 0.103 e. The van der Waals surface area contributed by atoms with Crippen LogP contribution in [0.15, 0.2) is 9.90 Å². The van der Waals surface area contributed by atoms with Gasteiger partial charge in [-0.05, 0) is 36.4 Å². The van der Waals surface area contributed by atoms with E-state index in [2.05, 4.69) is 45.3 Å². The lowest BCUT2D eigenvalue weighted by Gasteiger charge is -2.25. The van der Waals surface area contributed by atoms with Gasteiger partial charge in [-0.3, -0.25) is 0 Å². The molecule has 0 aliphatic carbocycles. The third-order valence-corrected chi connectivity index (χ3v) is 2.78. The molecule has 0 aromatic heterocycles. The fourth-order valence-electron chi connectivity index (χ4n) is 0.772. The Labute approximate surface area is 99.0 Å². The Hall–Kier alpha value is 0.320. The van der Waals surface area contributed by atoms with Gasteiger partial charge < -0.3 is 10.3 Å². The van der Waals surface area contributed by atoms with Crippen molar-refractivity contribution in [2.75, 3.05) is 14.1 Å². The third-order valence-electron chi connectivity index (χ3n) is 1.87. The Morgan fingerprint density at radius 3 is 2.46 bits per heavy atom. The number of rotatable bonds is 5. The average molecular weight is 318 g/mol. The van der Waals surface area contributed by atoms with Crippen molar-refractivity contribution >= 4 is 34.2 Å². The van der Waals surface area contributed by atoms with Gasteiger partial charge in [0.25, 0.3) is 0 Å². The van der Waals surface area contributed by atoms with Gasteiger partial charge >= 0.3 is 0 Å². The standard InChI is InChI=1S/C8H17ClIN3/c1-6(9)7(2)13(4)5-8(10)12-11-3/h5-7,11-12H,1-4H3/b8-5-/t6-,7?/m1/s1. The van der Waals surface area contributed by atoms with Crippen molar-refractivity contribution in [2.45, 2.75) is 25.3 Å². The average Bonchev–Trinajstić information content (AvgIpc) is 2.03. The number of hydrazine groups is 1. The van der Waals surface area contributed by atoms with Gasteiger partial charge in [0.05, 0.1) is 5.38 Å². The monoisotopic (exact) mass is 317 g/mol. The molecule has 2 atom stereocenters. The molecule has 0 fully saturated rings. The Kier molecular flexibility index (Phi) is 6.89. The Morgan fingerprint density at radius 2 is 2.08 bits per heavy atom. The molecule has 0 bridgehead atoms. The zero-order chi connectivity index (χ0) is 10.4. The Balaban J connectivity index is 4.10. The van der Waals surface area contributed by atoms with Crippen LogP contribution in [0.5, 0.6) is 0 Å². The molecule has 5 heteroatoms. The predicted molar refractivity (Wildman–Crippen MR) is 66.8 cm³/mol. The highest BCUT2D eigenvalue weighted by atomic mass is 127. The van der Waals surface area contributed by atoms with E-state index in [1.54, 1.807) is 0 Å². The summed E-state index contributed by atoms with van der Waals surface area (Å²) in [5.74, 6) is 0. The lowest BCUT2D eigenvalue weighted by molar-refractivity contribution is 0.345. The van der Waals surface area contributed by atoms with E-state index in [1.165, 1.54) is 0 Å². The first kappa shape index (κ1) is 13.3. The molecule has 0 radical (unpaired) electrons. The highest BCUT2D eigenvalue weighted by molar-refractivity contribution is 14.1. The molecular weight excluding hydrogens is 300 g/mol. The van der Waals surface area contributed by atoms with Crippen LogP contribution >= 0.6 is 34.2 Å². The van der Waals surface area contributed by atoms with Crippen molar-refractivity contribution in [1.82, 2.24) is 15.8 Å². The minimum Gasteiger partial charge on any atom is -0.374 e. The topological polar surface area (TPSA) is 27.3 Å². The van der Waals surface area contributed by atoms with Crippen LogP contribution in [0.3, 0.4) is 0 Å². The van der Waals surface area contributed by atoms with E-state index >= 15 is 0 Å². The van der Waals surface area contributed by atoms with Gasteiger partial charge in [0.2, 0.25) is 0 Å². The lowest BCUT2D eigenvalue weighted by atomic mass is 10.2. The summed E-state index contributed by atoms with van der Waals surface area (Å²) >= 11 is 8.19. The maximum atomic E-state index is 5.97. The molecule has 78 valence electrons. The SMILES string of the molecule is CNN/C(I)=C\N(C)C(C)[C@@H](C)Cl. The van der Waals surface area contributed by atoms with Crippen molar-refractivity contribution < 1.29 is 0 Å². The molecule has 0 aromatic rings. The summed E-state index contributed by atoms with van der Waals surface area (Å²) in [6.07, 6.45) is 2.01.